The van der Waals surface area contributed by atoms with Crippen LogP contribution in [0.15, 0.2) is 48.5 Å². The molecule has 1 heterocycles. The third-order valence-electron chi connectivity index (χ3n) is 3.41. The molecule has 0 aliphatic carbocycles. The van der Waals surface area contributed by atoms with Gasteiger partial charge in [-0.05, 0) is 36.4 Å². The van der Waals surface area contributed by atoms with E-state index in [-0.39, 0.29) is 18.4 Å². The van der Waals surface area contributed by atoms with Crippen molar-refractivity contribution in [2.75, 3.05) is 19.0 Å². The fourth-order valence-electron chi connectivity index (χ4n) is 2.19. The number of nitrogens with one attached hydrogen (secondary N) is 3. The number of rotatable bonds is 5. The molecule has 3 N–H and O–H groups in total. The average molecular weight is 324 g/mol. The van der Waals surface area contributed by atoms with Gasteiger partial charge in [-0.3, -0.25) is 14.9 Å². The lowest BCUT2D eigenvalue weighted by atomic mass is 10.2. The quantitative estimate of drug-likeness (QED) is 0.668. The molecule has 0 fully saturated rings. The summed E-state index contributed by atoms with van der Waals surface area (Å²) in [5, 5.41) is 5.17. The van der Waals surface area contributed by atoms with Crippen LogP contribution in [0.4, 0.5) is 5.95 Å². The zero-order valence-electron chi connectivity index (χ0n) is 13.0. The minimum absolute atomic E-state index is 0.151. The van der Waals surface area contributed by atoms with Gasteiger partial charge in [-0.25, -0.2) is 4.98 Å². The summed E-state index contributed by atoms with van der Waals surface area (Å²) >= 11 is 0. The fourth-order valence-corrected chi connectivity index (χ4v) is 2.19. The summed E-state index contributed by atoms with van der Waals surface area (Å²) in [6, 6.07) is 14.1. The lowest BCUT2D eigenvalue weighted by Crippen LogP contribution is -2.33. The smallest absolute Gasteiger partial charge is 0.251 e. The molecule has 3 aromatic rings. The van der Waals surface area contributed by atoms with Crippen molar-refractivity contribution in [2.45, 2.75) is 0 Å². The third kappa shape index (κ3) is 3.52. The Morgan fingerprint density at radius 1 is 1.12 bits per heavy atom. The van der Waals surface area contributed by atoms with Crippen molar-refractivity contribution in [3.8, 4) is 5.75 Å². The Hall–Kier alpha value is -3.35. The molecule has 122 valence electrons. The molecule has 0 unspecified atom stereocenters. The monoisotopic (exact) mass is 324 g/mol. The Morgan fingerprint density at radius 3 is 2.58 bits per heavy atom. The van der Waals surface area contributed by atoms with Crippen LogP contribution in [0, 0.1) is 0 Å². The first-order chi connectivity index (χ1) is 11.7. The first-order valence-corrected chi connectivity index (χ1v) is 7.32. The minimum atomic E-state index is -0.365. The number of fused-ring (bicyclic) bond motifs is 1. The van der Waals surface area contributed by atoms with Gasteiger partial charge in [-0.2, -0.15) is 0 Å². The van der Waals surface area contributed by atoms with Crippen molar-refractivity contribution < 1.29 is 14.3 Å². The van der Waals surface area contributed by atoms with E-state index in [1.807, 2.05) is 24.3 Å². The van der Waals surface area contributed by atoms with Crippen LogP contribution in [0.5, 0.6) is 5.75 Å². The van der Waals surface area contributed by atoms with Crippen molar-refractivity contribution in [3.05, 3.63) is 54.1 Å². The summed E-state index contributed by atoms with van der Waals surface area (Å²) in [6.07, 6.45) is 0. The van der Waals surface area contributed by atoms with Crippen molar-refractivity contribution in [3.63, 3.8) is 0 Å². The number of aromatic nitrogens is 2. The molecule has 2 amide bonds. The number of H-pyrrole nitrogens is 1. The van der Waals surface area contributed by atoms with E-state index in [0.29, 0.717) is 17.3 Å². The lowest BCUT2D eigenvalue weighted by molar-refractivity contribution is -0.115. The van der Waals surface area contributed by atoms with Gasteiger partial charge in [0.15, 0.2) is 0 Å². The second kappa shape index (κ2) is 6.82. The number of methoxy groups -OCH3 is 1. The second-order valence-electron chi connectivity index (χ2n) is 5.06. The molecule has 0 spiro atoms. The highest BCUT2D eigenvalue weighted by atomic mass is 16.5. The molecule has 0 saturated heterocycles. The minimum Gasteiger partial charge on any atom is -0.497 e. The van der Waals surface area contributed by atoms with E-state index < -0.39 is 0 Å². The zero-order chi connectivity index (χ0) is 16.9. The zero-order valence-corrected chi connectivity index (χ0v) is 13.0. The standard InChI is InChI=1S/C17H16N4O3/c1-24-12-8-6-11(7-9-12)16(23)18-10-15(22)21-17-19-13-4-2-3-5-14(13)20-17/h2-9H,10H2,1H3,(H,18,23)(H2,19,20,21,22). The molecule has 0 saturated carbocycles. The number of para-hydroxylation sites is 2. The van der Waals surface area contributed by atoms with Gasteiger partial charge >= 0.3 is 0 Å². The topological polar surface area (TPSA) is 96.1 Å². The van der Waals surface area contributed by atoms with E-state index in [1.54, 1.807) is 31.4 Å². The maximum Gasteiger partial charge on any atom is 0.251 e. The molecule has 0 atom stereocenters. The van der Waals surface area contributed by atoms with E-state index in [2.05, 4.69) is 20.6 Å². The summed E-state index contributed by atoms with van der Waals surface area (Å²) in [5.74, 6) is 0.308. The molecule has 3 rings (SSSR count). The number of anilines is 1. The molecule has 1 aromatic heterocycles. The number of carbonyl (C=O) groups excluding carboxylic acids is 2. The highest BCUT2D eigenvalue weighted by Crippen LogP contribution is 2.13. The number of amides is 2. The van der Waals surface area contributed by atoms with Gasteiger partial charge in [0.05, 0.1) is 24.7 Å². The largest absolute Gasteiger partial charge is 0.497 e. The van der Waals surface area contributed by atoms with E-state index in [1.165, 1.54) is 0 Å². The van der Waals surface area contributed by atoms with Crippen LogP contribution in [0.3, 0.4) is 0 Å². The molecule has 2 aromatic carbocycles. The summed E-state index contributed by atoms with van der Waals surface area (Å²) in [4.78, 5) is 31.1. The number of benzene rings is 2. The molecule has 0 bridgehead atoms. The molecule has 0 radical (unpaired) electrons. The van der Waals surface area contributed by atoms with Crippen molar-refractivity contribution in [2.24, 2.45) is 0 Å². The first-order valence-electron chi connectivity index (χ1n) is 7.32. The second-order valence-corrected chi connectivity index (χ2v) is 5.06. The molecular weight excluding hydrogens is 308 g/mol. The Kier molecular flexibility index (Phi) is 4.42. The third-order valence-corrected chi connectivity index (χ3v) is 3.41. The van der Waals surface area contributed by atoms with Crippen LogP contribution in [-0.4, -0.2) is 35.4 Å². The molecule has 7 nitrogen and oxygen atoms in total. The van der Waals surface area contributed by atoms with Crippen molar-refractivity contribution in [1.82, 2.24) is 15.3 Å². The van der Waals surface area contributed by atoms with Gasteiger partial charge in [0.25, 0.3) is 5.91 Å². The maximum atomic E-state index is 12.0. The highest BCUT2D eigenvalue weighted by molar-refractivity contribution is 5.99. The van der Waals surface area contributed by atoms with Crippen LogP contribution >= 0.6 is 0 Å². The number of hydrogen-bond acceptors (Lipinski definition) is 4. The first kappa shape index (κ1) is 15.5. The predicted octanol–water partition coefficient (Wildman–Crippen LogP) is 1.94. The van der Waals surface area contributed by atoms with E-state index in [0.717, 1.165) is 11.0 Å². The van der Waals surface area contributed by atoms with Gasteiger partial charge in [0.2, 0.25) is 11.9 Å². The van der Waals surface area contributed by atoms with Crippen molar-refractivity contribution in [1.29, 1.82) is 0 Å². The van der Waals surface area contributed by atoms with Crippen molar-refractivity contribution >= 4 is 28.8 Å². The fraction of sp³-hybridized carbons (Fsp3) is 0.118. The number of nitrogens with zero attached hydrogens (tertiary/aromatic N) is 1. The summed E-state index contributed by atoms with van der Waals surface area (Å²) < 4.78 is 5.03. The van der Waals surface area contributed by atoms with Crippen LogP contribution in [0.25, 0.3) is 11.0 Å². The van der Waals surface area contributed by atoms with Crippen LogP contribution < -0.4 is 15.4 Å². The van der Waals surface area contributed by atoms with Gasteiger partial charge in [0, 0.05) is 5.56 Å². The van der Waals surface area contributed by atoms with Gasteiger partial charge in [-0.1, -0.05) is 12.1 Å². The van der Waals surface area contributed by atoms with Crippen LogP contribution in [0.1, 0.15) is 10.4 Å². The van der Waals surface area contributed by atoms with Gasteiger partial charge < -0.3 is 15.0 Å². The lowest BCUT2D eigenvalue weighted by Gasteiger charge is -2.06. The molecule has 0 aliphatic rings. The molecule has 0 aliphatic heterocycles. The normalized spacial score (nSPS) is 10.4. The van der Waals surface area contributed by atoms with Gasteiger partial charge in [0.1, 0.15) is 5.75 Å². The molecular formula is C17H16N4O3. The van der Waals surface area contributed by atoms with Crippen LogP contribution in [0.2, 0.25) is 0 Å². The number of ether oxygens (including phenoxy) is 1. The maximum absolute atomic E-state index is 12.0. The highest BCUT2D eigenvalue weighted by Gasteiger charge is 2.10. The molecule has 7 heteroatoms. The predicted molar refractivity (Wildman–Crippen MR) is 90.1 cm³/mol. The number of hydrogen-bond donors (Lipinski definition) is 3. The van der Waals surface area contributed by atoms with Crippen LogP contribution in [-0.2, 0) is 4.79 Å². The number of aromatic amines is 1. The summed E-state index contributed by atoms with van der Waals surface area (Å²) in [5.41, 5.74) is 2.04. The Bertz CT molecular complexity index is 838. The molecule has 24 heavy (non-hydrogen) atoms. The number of imidazole rings is 1. The number of carbonyl (C=O) groups is 2. The Balaban J connectivity index is 1.55. The Morgan fingerprint density at radius 2 is 1.88 bits per heavy atom. The van der Waals surface area contributed by atoms with Gasteiger partial charge in [-0.15, -0.1) is 0 Å². The van der Waals surface area contributed by atoms with E-state index in [9.17, 15) is 9.59 Å². The summed E-state index contributed by atoms with van der Waals surface area (Å²) in [7, 11) is 1.55. The SMILES string of the molecule is COc1ccc(C(=O)NCC(=O)Nc2nc3ccccc3[nH]2)cc1. The summed E-state index contributed by atoms with van der Waals surface area (Å²) in [6.45, 7) is -0.151. The average Bonchev–Trinajstić information content (AvgIpc) is 3.02. The van der Waals surface area contributed by atoms with E-state index in [4.69, 9.17) is 4.74 Å². The Labute approximate surface area is 138 Å². The van der Waals surface area contributed by atoms with E-state index >= 15 is 0 Å².